The number of morpholine rings is 1. The molecule has 41 heavy (non-hydrogen) atoms. The minimum atomic E-state index is -0.346. The van der Waals surface area contributed by atoms with Gasteiger partial charge < -0.3 is 25.4 Å². The third kappa shape index (κ3) is 10.2. The van der Waals surface area contributed by atoms with E-state index in [4.69, 9.17) is 15.2 Å². The van der Waals surface area contributed by atoms with Gasteiger partial charge in [-0.15, -0.1) is 0 Å². The second-order valence-corrected chi connectivity index (χ2v) is 9.79. The SMILES string of the molecule is Cc1cccc(/C=N/Nc2cc(N3CCOCC3)nc(OCCc3ccc(NC(=O)CCCCC(N)=O)cc3)n2)c1. The number of anilines is 3. The molecule has 0 radical (unpaired) electrons. The van der Waals surface area contributed by atoms with Gasteiger partial charge in [0.1, 0.15) is 5.82 Å². The summed E-state index contributed by atoms with van der Waals surface area (Å²) in [5, 5.41) is 7.23. The average Bonchev–Trinajstić information content (AvgIpc) is 2.97. The maximum Gasteiger partial charge on any atom is 0.320 e. The lowest BCUT2D eigenvalue weighted by Crippen LogP contribution is -2.36. The smallest absolute Gasteiger partial charge is 0.320 e. The molecule has 2 heterocycles. The number of benzene rings is 2. The van der Waals surface area contributed by atoms with Crippen LogP contribution in [0.1, 0.15) is 42.4 Å². The van der Waals surface area contributed by atoms with Gasteiger partial charge in [-0.3, -0.25) is 15.0 Å². The molecular weight excluding hydrogens is 522 g/mol. The lowest BCUT2D eigenvalue weighted by molar-refractivity contribution is -0.119. The van der Waals surface area contributed by atoms with Gasteiger partial charge in [0.2, 0.25) is 11.8 Å². The number of rotatable bonds is 14. The van der Waals surface area contributed by atoms with Crippen LogP contribution in [-0.4, -0.2) is 60.9 Å². The van der Waals surface area contributed by atoms with Crippen LogP contribution in [0.5, 0.6) is 6.01 Å². The van der Waals surface area contributed by atoms with Crippen LogP contribution in [0, 0.1) is 6.92 Å². The first-order valence-corrected chi connectivity index (χ1v) is 13.8. The lowest BCUT2D eigenvalue weighted by atomic mass is 10.1. The molecule has 1 aliphatic heterocycles. The van der Waals surface area contributed by atoms with E-state index in [-0.39, 0.29) is 17.8 Å². The van der Waals surface area contributed by atoms with Gasteiger partial charge >= 0.3 is 6.01 Å². The highest BCUT2D eigenvalue weighted by atomic mass is 16.5. The highest BCUT2D eigenvalue weighted by molar-refractivity contribution is 5.90. The summed E-state index contributed by atoms with van der Waals surface area (Å²) < 4.78 is 11.4. The molecule has 2 aromatic carbocycles. The van der Waals surface area contributed by atoms with E-state index in [1.54, 1.807) is 6.21 Å². The lowest BCUT2D eigenvalue weighted by Gasteiger charge is -2.28. The Morgan fingerprint density at radius 1 is 1.07 bits per heavy atom. The molecule has 0 bridgehead atoms. The van der Waals surface area contributed by atoms with E-state index in [1.807, 2.05) is 61.5 Å². The number of primary amides is 1. The van der Waals surface area contributed by atoms with Crippen molar-refractivity contribution in [2.24, 2.45) is 10.8 Å². The summed E-state index contributed by atoms with van der Waals surface area (Å²) in [6.07, 6.45) is 4.27. The number of nitrogens with two attached hydrogens (primary N) is 1. The number of carbonyl (C=O) groups excluding carboxylic acids is 2. The van der Waals surface area contributed by atoms with E-state index in [9.17, 15) is 9.59 Å². The van der Waals surface area contributed by atoms with Crippen molar-refractivity contribution in [3.05, 3.63) is 71.3 Å². The van der Waals surface area contributed by atoms with Crippen molar-refractivity contribution < 1.29 is 19.1 Å². The maximum atomic E-state index is 12.1. The fraction of sp³-hybridized carbons (Fsp3) is 0.367. The van der Waals surface area contributed by atoms with Crippen LogP contribution in [-0.2, 0) is 20.7 Å². The molecule has 4 N–H and O–H groups in total. The van der Waals surface area contributed by atoms with E-state index >= 15 is 0 Å². The zero-order chi connectivity index (χ0) is 28.9. The van der Waals surface area contributed by atoms with Crippen molar-refractivity contribution in [2.75, 3.05) is 48.6 Å². The van der Waals surface area contributed by atoms with Gasteiger partial charge in [-0.25, -0.2) is 0 Å². The Kier molecular flexibility index (Phi) is 11.0. The Bertz CT molecular complexity index is 1320. The first-order valence-electron chi connectivity index (χ1n) is 13.8. The fourth-order valence-electron chi connectivity index (χ4n) is 4.24. The van der Waals surface area contributed by atoms with E-state index in [1.165, 1.54) is 0 Å². The molecule has 0 aliphatic carbocycles. The second kappa shape index (κ2) is 15.3. The average molecular weight is 560 g/mol. The molecule has 0 atom stereocenters. The number of hydrogen-bond acceptors (Lipinski definition) is 9. The number of ether oxygens (including phenoxy) is 2. The van der Waals surface area contributed by atoms with Crippen molar-refractivity contribution in [3.63, 3.8) is 0 Å². The number of amides is 2. The molecule has 1 aromatic heterocycles. The van der Waals surface area contributed by atoms with Crippen LogP contribution in [0.4, 0.5) is 17.3 Å². The highest BCUT2D eigenvalue weighted by Crippen LogP contribution is 2.21. The van der Waals surface area contributed by atoms with Gasteiger partial charge in [0.25, 0.3) is 0 Å². The predicted molar refractivity (Wildman–Crippen MR) is 159 cm³/mol. The zero-order valence-electron chi connectivity index (χ0n) is 23.3. The van der Waals surface area contributed by atoms with Gasteiger partial charge in [-0.05, 0) is 43.0 Å². The van der Waals surface area contributed by atoms with Gasteiger partial charge in [0, 0.05) is 44.1 Å². The van der Waals surface area contributed by atoms with Crippen LogP contribution >= 0.6 is 0 Å². The molecule has 1 aliphatic rings. The van der Waals surface area contributed by atoms with Gasteiger partial charge in [0.15, 0.2) is 5.82 Å². The number of hydrazone groups is 1. The van der Waals surface area contributed by atoms with Crippen molar-refractivity contribution in [2.45, 2.75) is 39.0 Å². The van der Waals surface area contributed by atoms with Crippen molar-refractivity contribution >= 4 is 35.4 Å². The molecule has 0 spiro atoms. The first kappa shape index (κ1) is 29.5. The molecule has 2 amide bonds. The van der Waals surface area contributed by atoms with E-state index in [0.717, 1.165) is 41.3 Å². The summed E-state index contributed by atoms with van der Waals surface area (Å²) >= 11 is 0. The monoisotopic (exact) mass is 559 g/mol. The Balaban J connectivity index is 1.32. The second-order valence-electron chi connectivity index (χ2n) is 9.79. The quantitative estimate of drug-likeness (QED) is 0.154. The Hall–Kier alpha value is -4.51. The maximum absolute atomic E-state index is 12.1. The number of nitrogens with zero attached hydrogens (tertiary/aromatic N) is 4. The highest BCUT2D eigenvalue weighted by Gasteiger charge is 2.16. The Morgan fingerprint density at radius 2 is 1.85 bits per heavy atom. The Morgan fingerprint density at radius 3 is 2.61 bits per heavy atom. The van der Waals surface area contributed by atoms with Crippen LogP contribution < -0.4 is 26.1 Å². The summed E-state index contributed by atoms with van der Waals surface area (Å²) in [6.45, 7) is 5.17. The molecule has 11 heteroatoms. The number of carbonyl (C=O) groups is 2. The largest absolute Gasteiger partial charge is 0.463 e. The molecule has 0 saturated carbocycles. The van der Waals surface area contributed by atoms with Crippen molar-refractivity contribution in [1.82, 2.24) is 9.97 Å². The number of aryl methyl sites for hydroxylation is 1. The first-order chi connectivity index (χ1) is 19.9. The number of nitrogens with one attached hydrogen (secondary N) is 2. The number of unbranched alkanes of at least 4 members (excludes halogenated alkanes) is 1. The molecular formula is C30H37N7O4. The molecule has 216 valence electrons. The van der Waals surface area contributed by atoms with Gasteiger partial charge in [-0.2, -0.15) is 15.1 Å². The summed E-state index contributed by atoms with van der Waals surface area (Å²) in [5.41, 5.74) is 12.1. The Labute approximate surface area is 240 Å². The summed E-state index contributed by atoms with van der Waals surface area (Å²) in [5.74, 6) is 0.855. The van der Waals surface area contributed by atoms with Crippen LogP contribution in [0.25, 0.3) is 0 Å². The molecule has 1 fully saturated rings. The molecule has 1 saturated heterocycles. The zero-order valence-corrected chi connectivity index (χ0v) is 23.3. The van der Waals surface area contributed by atoms with Crippen LogP contribution in [0.15, 0.2) is 59.7 Å². The van der Waals surface area contributed by atoms with E-state index in [2.05, 4.69) is 30.7 Å². The third-order valence-corrected chi connectivity index (χ3v) is 6.40. The minimum Gasteiger partial charge on any atom is -0.463 e. The molecule has 0 unspecified atom stereocenters. The number of hydrogen-bond donors (Lipinski definition) is 3. The van der Waals surface area contributed by atoms with Gasteiger partial charge in [-0.1, -0.05) is 42.0 Å². The fourth-order valence-corrected chi connectivity index (χ4v) is 4.24. The summed E-state index contributed by atoms with van der Waals surface area (Å²) in [6, 6.07) is 17.8. The predicted octanol–water partition coefficient (Wildman–Crippen LogP) is 3.67. The van der Waals surface area contributed by atoms with E-state index < -0.39 is 0 Å². The standard InChI is InChI=1S/C30H37N7O4/c1-22-5-4-6-24(19-22)21-32-36-27-20-28(37-14-17-40-18-15-37)35-30(34-27)41-16-13-23-9-11-25(12-10-23)33-29(39)8-3-2-7-26(31)38/h4-6,9-12,19-21H,2-3,7-8,13-18H2,1H3,(H2,31,38)(H,33,39)(H,34,35,36)/b32-21+. The normalized spacial score (nSPS) is 13.2. The topological polar surface area (TPSA) is 144 Å². The van der Waals surface area contributed by atoms with Crippen molar-refractivity contribution in [1.29, 1.82) is 0 Å². The molecule has 4 rings (SSSR count). The van der Waals surface area contributed by atoms with E-state index in [0.29, 0.717) is 57.7 Å². The summed E-state index contributed by atoms with van der Waals surface area (Å²) in [4.78, 5) is 34.2. The molecule has 11 nitrogen and oxygen atoms in total. The van der Waals surface area contributed by atoms with Crippen LogP contribution in [0.3, 0.4) is 0 Å². The third-order valence-electron chi connectivity index (χ3n) is 6.40. The number of aromatic nitrogens is 2. The molecule has 3 aromatic rings. The summed E-state index contributed by atoms with van der Waals surface area (Å²) in [7, 11) is 0. The van der Waals surface area contributed by atoms with Gasteiger partial charge in [0.05, 0.1) is 26.0 Å². The minimum absolute atomic E-state index is 0.0875. The van der Waals surface area contributed by atoms with Crippen LogP contribution in [0.2, 0.25) is 0 Å². The van der Waals surface area contributed by atoms with Crippen molar-refractivity contribution in [3.8, 4) is 6.01 Å².